The average molecular weight is 171 g/mol. The summed E-state index contributed by atoms with van der Waals surface area (Å²) in [6.07, 6.45) is 0. The molecule has 11 heavy (non-hydrogen) atoms. The maximum absolute atomic E-state index is 5.67. The van der Waals surface area contributed by atoms with E-state index in [-0.39, 0.29) is 11.1 Å². The van der Waals surface area contributed by atoms with Crippen molar-refractivity contribution >= 4 is 28.6 Å². The van der Waals surface area contributed by atoms with Crippen molar-refractivity contribution in [1.29, 1.82) is 0 Å². The molecule has 0 saturated heterocycles. The zero-order valence-corrected chi connectivity index (χ0v) is 6.02. The van der Waals surface area contributed by atoms with E-state index in [1.165, 1.54) is 0 Å². The Bertz CT molecular complexity index is 313. The van der Waals surface area contributed by atoms with Gasteiger partial charge < -0.3 is 5.73 Å². The monoisotopic (exact) mass is 170 g/mol. The fourth-order valence-electron chi connectivity index (χ4n) is 0.780. The van der Waals surface area contributed by atoms with Crippen molar-refractivity contribution in [1.82, 2.24) is 0 Å². The Kier molecular flexibility index (Phi) is 1.22. The van der Waals surface area contributed by atoms with E-state index in [0.29, 0.717) is 5.84 Å². The van der Waals surface area contributed by atoms with E-state index in [4.69, 9.17) is 17.3 Å². The summed E-state index contributed by atoms with van der Waals surface area (Å²) in [4.78, 5) is 7.48. The van der Waals surface area contributed by atoms with Crippen LogP contribution in [0.5, 0.6) is 0 Å². The van der Waals surface area contributed by atoms with E-state index in [2.05, 4.69) is 25.4 Å². The van der Waals surface area contributed by atoms with Gasteiger partial charge in [-0.2, -0.15) is 4.99 Å². The number of fused-ring (bicyclic) bond motifs is 1. The summed E-state index contributed by atoms with van der Waals surface area (Å²) >= 11 is 5.67. The Labute approximate surface area is 66.6 Å². The lowest BCUT2D eigenvalue weighted by atomic mass is 10.3. The van der Waals surface area contributed by atoms with Crippen molar-refractivity contribution in [2.45, 2.75) is 6.04 Å². The highest BCUT2D eigenvalue weighted by Crippen LogP contribution is 2.14. The number of nitrogens with zero attached hydrogens (tertiary/aromatic N) is 5. The summed E-state index contributed by atoms with van der Waals surface area (Å²) < 4.78 is 0. The molecule has 0 fully saturated rings. The molecule has 0 spiro atoms. The van der Waals surface area contributed by atoms with Gasteiger partial charge in [-0.25, -0.2) is 4.99 Å². The lowest BCUT2D eigenvalue weighted by Crippen LogP contribution is -2.29. The number of amidine groups is 1. The topological polar surface area (TPSA) is 87.8 Å². The minimum Gasteiger partial charge on any atom is -0.368 e. The first-order valence-corrected chi connectivity index (χ1v) is 3.21. The zero-order valence-electron chi connectivity index (χ0n) is 5.27. The molecule has 6 nitrogen and oxygen atoms in total. The first kappa shape index (κ1) is 6.41. The van der Waals surface area contributed by atoms with E-state index >= 15 is 0 Å². The third kappa shape index (κ3) is 0.911. The normalized spacial score (nSPS) is 27.4. The van der Waals surface area contributed by atoms with Gasteiger partial charge in [0.25, 0.3) is 0 Å². The fraction of sp³-hybridized carbons (Fsp3) is 0.250. The largest absolute Gasteiger partial charge is 0.368 e. The predicted octanol–water partition coefficient (Wildman–Crippen LogP) is 0.0999. The number of rotatable bonds is 0. The van der Waals surface area contributed by atoms with Gasteiger partial charge in [0.1, 0.15) is 5.17 Å². The van der Waals surface area contributed by atoms with E-state index < -0.39 is 6.04 Å². The highest BCUT2D eigenvalue weighted by Gasteiger charge is 2.28. The molecule has 0 amide bonds. The fourth-order valence-corrected chi connectivity index (χ4v) is 1.01. The van der Waals surface area contributed by atoms with Gasteiger partial charge in [0.05, 0.1) is 0 Å². The number of halogens is 1. The summed E-state index contributed by atoms with van der Waals surface area (Å²) in [5.41, 5.74) is 5.30. The van der Waals surface area contributed by atoms with Gasteiger partial charge in [-0.15, -0.1) is 10.2 Å². The van der Waals surface area contributed by atoms with E-state index in [1.54, 1.807) is 0 Å². The lowest BCUT2D eigenvalue weighted by Gasteiger charge is -2.07. The van der Waals surface area contributed by atoms with Crippen molar-refractivity contribution in [2.24, 2.45) is 31.2 Å². The van der Waals surface area contributed by atoms with Crippen molar-refractivity contribution < 1.29 is 0 Å². The van der Waals surface area contributed by atoms with Gasteiger partial charge in [0.2, 0.25) is 5.96 Å². The maximum atomic E-state index is 5.67. The second-order valence-electron chi connectivity index (χ2n) is 1.97. The Morgan fingerprint density at radius 1 is 1.36 bits per heavy atom. The molecule has 0 bridgehead atoms. The van der Waals surface area contributed by atoms with Crippen molar-refractivity contribution in [2.75, 3.05) is 0 Å². The van der Waals surface area contributed by atoms with Crippen LogP contribution in [-0.4, -0.2) is 23.0 Å². The van der Waals surface area contributed by atoms with E-state index in [0.717, 1.165) is 0 Å². The highest BCUT2D eigenvalue weighted by molar-refractivity contribution is 6.70. The SMILES string of the molecule is NC1=NC2=NN=NC2C(Cl)=N1. The predicted molar refractivity (Wildman–Crippen MR) is 41.0 cm³/mol. The molecule has 2 rings (SSSR count). The van der Waals surface area contributed by atoms with Crippen molar-refractivity contribution in [3.05, 3.63) is 0 Å². The Hall–Kier alpha value is -1.30. The molecule has 0 radical (unpaired) electrons. The molecule has 0 aliphatic carbocycles. The Morgan fingerprint density at radius 3 is 3.00 bits per heavy atom. The molecule has 1 atom stereocenters. The quantitative estimate of drug-likeness (QED) is 0.549. The molecule has 7 heteroatoms. The van der Waals surface area contributed by atoms with Gasteiger partial charge in [-0.05, 0) is 5.22 Å². The number of aliphatic imine (C=N–C) groups is 2. The van der Waals surface area contributed by atoms with Crippen LogP contribution in [0.4, 0.5) is 0 Å². The average Bonchev–Trinajstić information content (AvgIpc) is 2.34. The molecule has 2 aliphatic heterocycles. The molecule has 0 saturated carbocycles. The first-order chi connectivity index (χ1) is 5.27. The number of guanidine groups is 1. The molecule has 1 unspecified atom stereocenters. The standard InChI is InChI=1S/C4H3ClN6/c5-2-1-3(10-11-9-1)8-4(6)7-2/h1H,(H2,6,8,9,10). The van der Waals surface area contributed by atoms with E-state index in [9.17, 15) is 0 Å². The number of nitrogens with two attached hydrogens (primary N) is 1. The van der Waals surface area contributed by atoms with Gasteiger partial charge in [-0.1, -0.05) is 11.6 Å². The molecule has 0 aromatic heterocycles. The highest BCUT2D eigenvalue weighted by atomic mass is 35.5. The Balaban J connectivity index is 2.45. The maximum Gasteiger partial charge on any atom is 0.223 e. The van der Waals surface area contributed by atoms with Crippen LogP contribution in [0.2, 0.25) is 0 Å². The molecule has 0 aromatic carbocycles. The van der Waals surface area contributed by atoms with Crippen LogP contribution < -0.4 is 5.73 Å². The molecular weight excluding hydrogens is 168 g/mol. The molecule has 2 N–H and O–H groups in total. The van der Waals surface area contributed by atoms with Crippen molar-refractivity contribution in [3.63, 3.8) is 0 Å². The van der Waals surface area contributed by atoms with Crippen LogP contribution in [0.25, 0.3) is 0 Å². The van der Waals surface area contributed by atoms with Crippen LogP contribution in [0.15, 0.2) is 25.4 Å². The Morgan fingerprint density at radius 2 is 2.18 bits per heavy atom. The summed E-state index contributed by atoms with van der Waals surface area (Å²) in [6, 6.07) is -0.427. The molecule has 56 valence electrons. The molecule has 2 aliphatic rings. The second-order valence-corrected chi connectivity index (χ2v) is 2.36. The van der Waals surface area contributed by atoms with Crippen LogP contribution in [0.3, 0.4) is 0 Å². The van der Waals surface area contributed by atoms with Crippen molar-refractivity contribution in [3.8, 4) is 0 Å². The van der Waals surface area contributed by atoms with Crippen LogP contribution >= 0.6 is 11.6 Å². The van der Waals surface area contributed by atoms with Crippen LogP contribution in [0, 0.1) is 0 Å². The smallest absolute Gasteiger partial charge is 0.223 e. The minimum absolute atomic E-state index is 0.0947. The molecular formula is C4H3ClN6. The summed E-state index contributed by atoms with van der Waals surface area (Å²) in [5.74, 6) is 0.500. The molecule has 2 heterocycles. The van der Waals surface area contributed by atoms with Gasteiger partial charge in [-0.3, -0.25) is 0 Å². The minimum atomic E-state index is -0.427. The summed E-state index contributed by atoms with van der Waals surface area (Å²) in [7, 11) is 0. The second kappa shape index (κ2) is 2.09. The van der Waals surface area contributed by atoms with Crippen LogP contribution in [0.1, 0.15) is 0 Å². The van der Waals surface area contributed by atoms with Gasteiger partial charge in [0.15, 0.2) is 11.9 Å². The number of hydrogen-bond donors (Lipinski definition) is 1. The zero-order chi connectivity index (χ0) is 7.84. The first-order valence-electron chi connectivity index (χ1n) is 2.83. The third-order valence-electron chi connectivity index (χ3n) is 1.23. The van der Waals surface area contributed by atoms with Crippen LogP contribution in [-0.2, 0) is 0 Å². The van der Waals surface area contributed by atoms with Gasteiger partial charge in [0, 0.05) is 0 Å². The lowest BCUT2D eigenvalue weighted by molar-refractivity contribution is 1.00. The summed E-state index contributed by atoms with van der Waals surface area (Å²) in [5, 5.41) is 10.9. The third-order valence-corrected chi connectivity index (χ3v) is 1.53. The molecule has 0 aromatic rings. The van der Waals surface area contributed by atoms with Gasteiger partial charge >= 0.3 is 0 Å². The summed E-state index contributed by atoms with van der Waals surface area (Å²) in [6.45, 7) is 0. The number of hydrogen-bond acceptors (Lipinski definition) is 6. The van der Waals surface area contributed by atoms with E-state index in [1.807, 2.05) is 0 Å².